The first-order valence-corrected chi connectivity index (χ1v) is 7.26. The zero-order valence-corrected chi connectivity index (χ0v) is 11.8. The van der Waals surface area contributed by atoms with Crippen LogP contribution in [0.2, 0.25) is 0 Å². The van der Waals surface area contributed by atoms with Gasteiger partial charge in [-0.3, -0.25) is 0 Å². The Morgan fingerprint density at radius 1 is 1.05 bits per heavy atom. The number of halogens is 1. The quantitative estimate of drug-likeness (QED) is 0.587. The molecule has 0 saturated carbocycles. The average molecular weight is 301 g/mol. The number of nitrogens with two attached hydrogens (primary N) is 1. The number of anilines is 1. The highest BCUT2D eigenvalue weighted by Crippen LogP contribution is 2.24. The van der Waals surface area contributed by atoms with Gasteiger partial charge in [-0.15, -0.1) is 11.8 Å². The molecule has 4 nitrogen and oxygen atoms in total. The third-order valence-corrected chi connectivity index (χ3v) is 3.82. The molecule has 2 aromatic carbocycles. The maximum Gasteiger partial charge on any atom is 0.257 e. The molecule has 0 unspecified atom stereocenters. The number of rotatable bonds is 4. The molecule has 0 aliphatic heterocycles. The summed E-state index contributed by atoms with van der Waals surface area (Å²) in [6, 6.07) is 13.5. The van der Waals surface area contributed by atoms with Crippen LogP contribution in [-0.4, -0.2) is 10.1 Å². The van der Waals surface area contributed by atoms with Gasteiger partial charge in [0.1, 0.15) is 5.82 Å². The van der Waals surface area contributed by atoms with E-state index >= 15 is 0 Å². The first-order chi connectivity index (χ1) is 10.2. The van der Waals surface area contributed by atoms with Gasteiger partial charge < -0.3 is 10.3 Å². The summed E-state index contributed by atoms with van der Waals surface area (Å²) in [4.78, 5) is 5.28. The normalized spacial score (nSPS) is 10.7. The summed E-state index contributed by atoms with van der Waals surface area (Å²) in [7, 11) is 0. The van der Waals surface area contributed by atoms with Crippen LogP contribution < -0.4 is 5.73 Å². The molecule has 0 aliphatic rings. The van der Waals surface area contributed by atoms with Crippen LogP contribution in [0.4, 0.5) is 10.1 Å². The van der Waals surface area contributed by atoms with E-state index in [1.165, 1.54) is 23.9 Å². The van der Waals surface area contributed by atoms with Crippen molar-refractivity contribution in [2.45, 2.75) is 10.6 Å². The molecule has 21 heavy (non-hydrogen) atoms. The van der Waals surface area contributed by atoms with Gasteiger partial charge in [-0.05, 0) is 48.5 Å². The maximum absolute atomic E-state index is 12.8. The summed E-state index contributed by atoms with van der Waals surface area (Å²) >= 11 is 1.52. The maximum atomic E-state index is 12.8. The number of hydrogen-bond donors (Lipinski definition) is 1. The standard InChI is InChI=1S/C15H12FN3OS/c16-11-3-7-13(8-4-11)21-9-14-18-15(20-19-14)10-1-5-12(17)6-2-10/h1-8H,9,17H2. The second kappa shape index (κ2) is 5.97. The van der Waals surface area contributed by atoms with E-state index in [2.05, 4.69) is 10.1 Å². The van der Waals surface area contributed by atoms with E-state index in [-0.39, 0.29) is 5.82 Å². The van der Waals surface area contributed by atoms with E-state index in [4.69, 9.17) is 10.3 Å². The summed E-state index contributed by atoms with van der Waals surface area (Å²) in [6.45, 7) is 0. The first-order valence-electron chi connectivity index (χ1n) is 6.27. The highest BCUT2D eigenvalue weighted by Gasteiger charge is 2.09. The Labute approximate surface area is 125 Å². The van der Waals surface area contributed by atoms with E-state index in [1.807, 2.05) is 12.1 Å². The largest absolute Gasteiger partial charge is 0.399 e. The van der Waals surface area contributed by atoms with Crippen LogP contribution in [-0.2, 0) is 5.75 Å². The minimum absolute atomic E-state index is 0.246. The number of hydrogen-bond acceptors (Lipinski definition) is 5. The second-order valence-corrected chi connectivity index (χ2v) is 5.43. The smallest absolute Gasteiger partial charge is 0.257 e. The van der Waals surface area contributed by atoms with Gasteiger partial charge in [0.2, 0.25) is 0 Å². The molecular weight excluding hydrogens is 289 g/mol. The lowest BCUT2D eigenvalue weighted by Crippen LogP contribution is -1.86. The van der Waals surface area contributed by atoms with Crippen molar-refractivity contribution in [2.75, 3.05) is 5.73 Å². The SMILES string of the molecule is Nc1ccc(-c2nc(CSc3ccc(F)cc3)no2)cc1. The molecular formula is C15H12FN3OS. The summed E-state index contributed by atoms with van der Waals surface area (Å²) in [5.74, 6) is 1.37. The Bertz CT molecular complexity index is 725. The lowest BCUT2D eigenvalue weighted by molar-refractivity contribution is 0.425. The van der Waals surface area contributed by atoms with Crippen LogP contribution in [0.5, 0.6) is 0 Å². The predicted octanol–water partition coefficient (Wildman–Crippen LogP) is 3.75. The molecule has 0 bridgehead atoms. The van der Waals surface area contributed by atoms with Crippen LogP contribution in [0.1, 0.15) is 5.82 Å². The molecule has 0 aliphatic carbocycles. The number of thioether (sulfide) groups is 1. The van der Waals surface area contributed by atoms with Gasteiger partial charge in [0.25, 0.3) is 5.89 Å². The average Bonchev–Trinajstić information content (AvgIpc) is 2.96. The Morgan fingerprint density at radius 3 is 2.48 bits per heavy atom. The van der Waals surface area contributed by atoms with Crippen LogP contribution >= 0.6 is 11.8 Å². The van der Waals surface area contributed by atoms with Crippen LogP contribution in [0.3, 0.4) is 0 Å². The topological polar surface area (TPSA) is 64.9 Å². The molecule has 0 fully saturated rings. The Hall–Kier alpha value is -2.34. The van der Waals surface area contributed by atoms with Crippen molar-refractivity contribution in [3.05, 3.63) is 60.2 Å². The first kappa shape index (κ1) is 13.6. The fourth-order valence-electron chi connectivity index (χ4n) is 1.73. The molecule has 6 heteroatoms. The molecule has 3 rings (SSSR count). The van der Waals surface area contributed by atoms with Gasteiger partial charge in [-0.2, -0.15) is 4.98 Å². The van der Waals surface area contributed by atoms with E-state index in [0.717, 1.165) is 10.5 Å². The van der Waals surface area contributed by atoms with E-state index in [9.17, 15) is 4.39 Å². The Balaban J connectivity index is 1.67. The summed E-state index contributed by atoms with van der Waals surface area (Å²) in [5, 5.41) is 3.94. The third kappa shape index (κ3) is 3.41. The van der Waals surface area contributed by atoms with E-state index in [1.54, 1.807) is 24.3 Å². The molecule has 0 radical (unpaired) electrons. The van der Waals surface area contributed by atoms with Crippen molar-refractivity contribution in [1.29, 1.82) is 0 Å². The van der Waals surface area contributed by atoms with Crippen molar-refractivity contribution >= 4 is 17.4 Å². The number of nitrogens with zero attached hydrogens (tertiary/aromatic N) is 2. The van der Waals surface area contributed by atoms with Crippen LogP contribution in [0.15, 0.2) is 57.9 Å². The van der Waals surface area contributed by atoms with Gasteiger partial charge in [0.15, 0.2) is 5.82 Å². The highest BCUT2D eigenvalue weighted by molar-refractivity contribution is 7.98. The van der Waals surface area contributed by atoms with Crippen molar-refractivity contribution in [2.24, 2.45) is 0 Å². The van der Waals surface area contributed by atoms with Gasteiger partial charge in [0.05, 0.1) is 5.75 Å². The van der Waals surface area contributed by atoms with Crippen molar-refractivity contribution in [3.8, 4) is 11.5 Å². The van der Waals surface area contributed by atoms with Gasteiger partial charge in [-0.1, -0.05) is 5.16 Å². The fourth-order valence-corrected chi connectivity index (χ4v) is 2.48. The third-order valence-electron chi connectivity index (χ3n) is 2.81. The highest BCUT2D eigenvalue weighted by atomic mass is 32.2. The molecule has 106 valence electrons. The molecule has 3 aromatic rings. The molecule has 0 atom stereocenters. The monoisotopic (exact) mass is 301 g/mol. The van der Waals surface area contributed by atoms with Gasteiger partial charge in [0, 0.05) is 16.1 Å². The number of benzene rings is 2. The fraction of sp³-hybridized carbons (Fsp3) is 0.0667. The van der Waals surface area contributed by atoms with Crippen molar-refractivity contribution in [1.82, 2.24) is 10.1 Å². The Morgan fingerprint density at radius 2 is 1.76 bits per heavy atom. The zero-order valence-electron chi connectivity index (χ0n) is 11.0. The van der Waals surface area contributed by atoms with Gasteiger partial charge in [-0.25, -0.2) is 4.39 Å². The molecule has 2 N–H and O–H groups in total. The van der Waals surface area contributed by atoms with Gasteiger partial charge >= 0.3 is 0 Å². The number of nitrogen functional groups attached to an aromatic ring is 1. The summed E-state index contributed by atoms with van der Waals surface area (Å²) < 4.78 is 18.0. The molecule has 0 amide bonds. The molecule has 1 aromatic heterocycles. The van der Waals surface area contributed by atoms with Crippen LogP contribution in [0, 0.1) is 5.82 Å². The molecule has 1 heterocycles. The van der Waals surface area contributed by atoms with E-state index < -0.39 is 0 Å². The van der Waals surface area contributed by atoms with Crippen molar-refractivity contribution in [3.63, 3.8) is 0 Å². The molecule has 0 spiro atoms. The lowest BCUT2D eigenvalue weighted by Gasteiger charge is -1.97. The van der Waals surface area contributed by atoms with E-state index in [0.29, 0.717) is 23.2 Å². The minimum Gasteiger partial charge on any atom is -0.399 e. The second-order valence-electron chi connectivity index (χ2n) is 4.38. The zero-order chi connectivity index (χ0) is 14.7. The number of aromatic nitrogens is 2. The Kier molecular flexibility index (Phi) is 3.87. The lowest BCUT2D eigenvalue weighted by atomic mass is 10.2. The summed E-state index contributed by atoms with van der Waals surface area (Å²) in [6.07, 6.45) is 0. The van der Waals surface area contributed by atoms with Crippen molar-refractivity contribution < 1.29 is 8.91 Å². The van der Waals surface area contributed by atoms with Crippen LogP contribution in [0.25, 0.3) is 11.5 Å². The summed E-state index contributed by atoms with van der Waals surface area (Å²) in [5.41, 5.74) is 7.15. The minimum atomic E-state index is -0.246. The molecule has 0 saturated heterocycles. The predicted molar refractivity (Wildman–Crippen MR) is 80.1 cm³/mol.